The van der Waals surface area contributed by atoms with Crippen molar-refractivity contribution in [3.63, 3.8) is 0 Å². The van der Waals surface area contributed by atoms with Gasteiger partial charge in [0.2, 0.25) is 10.0 Å². The first-order valence-electron chi connectivity index (χ1n) is 5.95. The number of rotatable bonds is 7. The molecule has 20 heavy (non-hydrogen) atoms. The molecule has 0 spiro atoms. The number of methoxy groups -OCH3 is 1. The van der Waals surface area contributed by atoms with Gasteiger partial charge < -0.3 is 9.64 Å². The van der Waals surface area contributed by atoms with Gasteiger partial charge in [0.25, 0.3) is 0 Å². The third-order valence-electron chi connectivity index (χ3n) is 2.57. The Hall–Kier alpha value is -0.530. The fourth-order valence-electron chi connectivity index (χ4n) is 1.55. The van der Waals surface area contributed by atoms with Crippen molar-refractivity contribution in [2.45, 2.75) is 11.3 Å². The van der Waals surface area contributed by atoms with Gasteiger partial charge in [-0.15, -0.1) is 0 Å². The first-order valence-corrected chi connectivity index (χ1v) is 8.19. The highest BCUT2D eigenvalue weighted by Gasteiger charge is 2.20. The SMILES string of the molecule is COc1cc(Cl)c(S(=O)(=O)NCCCN(C)C)cc1Cl. The Kier molecular flexibility index (Phi) is 6.54. The molecule has 0 unspecified atom stereocenters. The van der Waals surface area contributed by atoms with Crippen LogP contribution >= 0.6 is 23.2 Å². The fourth-order valence-corrected chi connectivity index (χ4v) is 3.47. The Morgan fingerprint density at radius 1 is 1.25 bits per heavy atom. The van der Waals surface area contributed by atoms with Crippen LogP contribution in [0.15, 0.2) is 17.0 Å². The maximum atomic E-state index is 12.1. The minimum absolute atomic E-state index is 0.0465. The molecule has 0 bridgehead atoms. The average molecular weight is 341 g/mol. The molecule has 0 fully saturated rings. The quantitative estimate of drug-likeness (QED) is 0.773. The third-order valence-corrected chi connectivity index (χ3v) is 4.79. The largest absolute Gasteiger partial charge is 0.495 e. The number of halogens is 2. The second-order valence-corrected chi connectivity index (χ2v) is 7.02. The molecule has 114 valence electrons. The molecule has 1 aromatic rings. The van der Waals surface area contributed by atoms with Gasteiger partial charge >= 0.3 is 0 Å². The van der Waals surface area contributed by atoms with E-state index in [-0.39, 0.29) is 14.9 Å². The highest BCUT2D eigenvalue weighted by molar-refractivity contribution is 7.89. The van der Waals surface area contributed by atoms with E-state index in [9.17, 15) is 8.42 Å². The average Bonchev–Trinajstić information content (AvgIpc) is 2.36. The second kappa shape index (κ2) is 7.47. The number of benzene rings is 1. The van der Waals surface area contributed by atoms with Gasteiger partial charge in [0, 0.05) is 12.6 Å². The van der Waals surface area contributed by atoms with Gasteiger partial charge in [0.1, 0.15) is 10.6 Å². The van der Waals surface area contributed by atoms with Crippen LogP contribution in [0.4, 0.5) is 0 Å². The van der Waals surface area contributed by atoms with Gasteiger partial charge in [-0.3, -0.25) is 0 Å². The summed E-state index contributed by atoms with van der Waals surface area (Å²) in [5, 5.41) is 0.275. The molecule has 0 radical (unpaired) electrons. The highest BCUT2D eigenvalue weighted by atomic mass is 35.5. The summed E-state index contributed by atoms with van der Waals surface area (Å²) in [5.41, 5.74) is 0. The summed E-state index contributed by atoms with van der Waals surface area (Å²) in [6.45, 7) is 1.13. The summed E-state index contributed by atoms with van der Waals surface area (Å²) in [6.07, 6.45) is 0.702. The Labute approximate surface area is 129 Å². The molecule has 0 saturated heterocycles. The minimum Gasteiger partial charge on any atom is -0.495 e. The lowest BCUT2D eigenvalue weighted by Gasteiger charge is -2.12. The Balaban J connectivity index is 2.85. The molecule has 0 amide bonds. The molecule has 0 aliphatic heterocycles. The zero-order valence-electron chi connectivity index (χ0n) is 11.6. The van der Waals surface area contributed by atoms with Gasteiger partial charge in [-0.05, 0) is 33.1 Å². The number of nitrogens with one attached hydrogen (secondary N) is 1. The molecule has 1 rings (SSSR count). The zero-order valence-corrected chi connectivity index (χ0v) is 13.9. The van der Waals surface area contributed by atoms with Crippen molar-refractivity contribution in [3.05, 3.63) is 22.2 Å². The zero-order chi connectivity index (χ0) is 15.3. The number of hydrogen-bond donors (Lipinski definition) is 1. The van der Waals surface area contributed by atoms with E-state index in [0.717, 1.165) is 6.54 Å². The van der Waals surface area contributed by atoms with Crippen molar-refractivity contribution in [2.24, 2.45) is 0 Å². The van der Waals surface area contributed by atoms with Crippen LogP contribution in [-0.4, -0.2) is 47.6 Å². The van der Waals surface area contributed by atoms with Gasteiger partial charge in [-0.1, -0.05) is 23.2 Å². The van der Waals surface area contributed by atoms with Gasteiger partial charge in [0.05, 0.1) is 17.2 Å². The van der Waals surface area contributed by atoms with Crippen molar-refractivity contribution < 1.29 is 13.2 Å². The fraction of sp³-hybridized carbons (Fsp3) is 0.500. The molecule has 5 nitrogen and oxygen atoms in total. The molecule has 0 atom stereocenters. The van der Waals surface area contributed by atoms with Crippen LogP contribution in [0.1, 0.15) is 6.42 Å². The standard InChI is InChI=1S/C12H18Cl2N2O3S/c1-16(2)6-4-5-15-20(17,18)12-8-9(13)11(19-3)7-10(12)14/h7-8,15H,4-6H2,1-3H3. The number of ether oxygens (including phenoxy) is 1. The Morgan fingerprint density at radius 2 is 1.90 bits per heavy atom. The molecule has 8 heteroatoms. The third kappa shape index (κ3) is 4.79. The number of sulfonamides is 1. The topological polar surface area (TPSA) is 58.6 Å². The molecule has 0 heterocycles. The van der Waals surface area contributed by atoms with Crippen LogP contribution in [0.3, 0.4) is 0 Å². The van der Waals surface area contributed by atoms with E-state index >= 15 is 0 Å². The molecule has 0 aromatic heterocycles. The second-order valence-electron chi connectivity index (χ2n) is 4.47. The predicted molar refractivity (Wildman–Crippen MR) is 81.4 cm³/mol. The van der Waals surface area contributed by atoms with E-state index in [2.05, 4.69) is 4.72 Å². The van der Waals surface area contributed by atoms with E-state index in [1.54, 1.807) is 0 Å². The van der Waals surface area contributed by atoms with Crippen LogP contribution in [0, 0.1) is 0 Å². The molecule has 0 aliphatic rings. The Morgan fingerprint density at radius 3 is 2.45 bits per heavy atom. The number of hydrogen-bond acceptors (Lipinski definition) is 4. The number of nitrogens with zero attached hydrogens (tertiary/aromatic N) is 1. The Bertz CT molecular complexity index is 562. The summed E-state index contributed by atoms with van der Waals surface area (Å²) in [5.74, 6) is 0.336. The van der Waals surface area contributed by atoms with Gasteiger partial charge in [0.15, 0.2) is 0 Å². The summed E-state index contributed by atoms with van der Waals surface area (Å²) in [4.78, 5) is 1.93. The van der Waals surface area contributed by atoms with Crippen molar-refractivity contribution in [2.75, 3.05) is 34.3 Å². The first kappa shape index (κ1) is 17.5. The van der Waals surface area contributed by atoms with Crippen molar-refractivity contribution in [1.82, 2.24) is 9.62 Å². The van der Waals surface area contributed by atoms with E-state index in [0.29, 0.717) is 18.7 Å². The summed E-state index contributed by atoms with van der Waals surface area (Å²) >= 11 is 11.9. The lowest BCUT2D eigenvalue weighted by molar-refractivity contribution is 0.400. The van der Waals surface area contributed by atoms with Crippen LogP contribution < -0.4 is 9.46 Å². The normalized spacial score (nSPS) is 11.9. The lowest BCUT2D eigenvalue weighted by Crippen LogP contribution is -2.27. The van der Waals surface area contributed by atoms with Gasteiger partial charge in [-0.25, -0.2) is 13.1 Å². The molecule has 1 aromatic carbocycles. The maximum absolute atomic E-state index is 12.1. The first-order chi connectivity index (χ1) is 9.27. The van der Waals surface area contributed by atoms with E-state index < -0.39 is 10.0 Å². The van der Waals surface area contributed by atoms with E-state index in [1.165, 1.54) is 19.2 Å². The van der Waals surface area contributed by atoms with Crippen LogP contribution in [0.5, 0.6) is 5.75 Å². The smallest absolute Gasteiger partial charge is 0.242 e. The van der Waals surface area contributed by atoms with Gasteiger partial charge in [-0.2, -0.15) is 0 Å². The monoisotopic (exact) mass is 340 g/mol. The molecular weight excluding hydrogens is 323 g/mol. The van der Waals surface area contributed by atoms with Crippen molar-refractivity contribution in [1.29, 1.82) is 0 Å². The summed E-state index contributed by atoms with van der Waals surface area (Å²) in [7, 11) is 1.61. The van der Waals surface area contributed by atoms with Crippen LogP contribution in [0.2, 0.25) is 10.0 Å². The van der Waals surface area contributed by atoms with Crippen LogP contribution in [0.25, 0.3) is 0 Å². The molecule has 0 saturated carbocycles. The minimum atomic E-state index is -3.68. The molecule has 0 aliphatic carbocycles. The van der Waals surface area contributed by atoms with E-state index in [1.807, 2.05) is 19.0 Å². The maximum Gasteiger partial charge on any atom is 0.242 e. The highest BCUT2D eigenvalue weighted by Crippen LogP contribution is 2.33. The van der Waals surface area contributed by atoms with E-state index in [4.69, 9.17) is 27.9 Å². The summed E-state index contributed by atoms with van der Waals surface area (Å²) < 4.78 is 31.8. The molecular formula is C12H18Cl2N2O3S. The van der Waals surface area contributed by atoms with Crippen LogP contribution in [-0.2, 0) is 10.0 Å². The lowest BCUT2D eigenvalue weighted by atomic mass is 10.3. The van der Waals surface area contributed by atoms with Crippen molar-refractivity contribution >= 4 is 33.2 Å². The van der Waals surface area contributed by atoms with Crippen molar-refractivity contribution in [3.8, 4) is 5.75 Å². The summed E-state index contributed by atoms with van der Waals surface area (Å²) in [6, 6.07) is 2.68. The predicted octanol–water partition coefficient (Wildman–Crippen LogP) is 2.23. The molecule has 1 N–H and O–H groups in total.